The second-order valence-corrected chi connectivity index (χ2v) is 6.38. The minimum Gasteiger partial charge on any atom is -0.356 e. The van der Waals surface area contributed by atoms with E-state index < -0.39 is 0 Å². The van der Waals surface area contributed by atoms with Gasteiger partial charge in [-0.05, 0) is 44.5 Å². The van der Waals surface area contributed by atoms with Gasteiger partial charge in [-0.3, -0.25) is 4.99 Å². The molecule has 4 nitrogen and oxygen atoms in total. The van der Waals surface area contributed by atoms with Crippen molar-refractivity contribution in [2.75, 3.05) is 39.8 Å². The molecule has 23 heavy (non-hydrogen) atoms. The van der Waals surface area contributed by atoms with Crippen molar-refractivity contribution in [1.29, 1.82) is 0 Å². The fraction of sp³-hybridized carbons (Fsp3) is 0.632. The van der Waals surface area contributed by atoms with Crippen LogP contribution in [0.5, 0.6) is 0 Å². The molecule has 0 heterocycles. The van der Waals surface area contributed by atoms with E-state index in [0.29, 0.717) is 5.41 Å². The molecule has 4 heteroatoms. The Hall–Kier alpha value is -1.55. The lowest BCUT2D eigenvalue weighted by molar-refractivity contribution is 0.300. The highest BCUT2D eigenvalue weighted by Crippen LogP contribution is 2.47. The fourth-order valence-electron chi connectivity index (χ4n) is 3.03. The number of hydrogen-bond acceptors (Lipinski definition) is 2. The van der Waals surface area contributed by atoms with E-state index in [1.807, 2.05) is 7.05 Å². The van der Waals surface area contributed by atoms with E-state index in [4.69, 9.17) is 0 Å². The molecule has 0 saturated heterocycles. The molecular formula is C19H32N4. The predicted octanol–water partition coefficient (Wildman–Crippen LogP) is 2.62. The zero-order chi connectivity index (χ0) is 16.5. The predicted molar refractivity (Wildman–Crippen MR) is 99.1 cm³/mol. The van der Waals surface area contributed by atoms with Gasteiger partial charge >= 0.3 is 0 Å². The van der Waals surface area contributed by atoms with Crippen molar-refractivity contribution in [3.05, 3.63) is 35.9 Å². The van der Waals surface area contributed by atoms with Crippen LogP contribution < -0.4 is 10.6 Å². The van der Waals surface area contributed by atoms with Crippen molar-refractivity contribution in [1.82, 2.24) is 15.5 Å². The highest BCUT2D eigenvalue weighted by atomic mass is 15.2. The van der Waals surface area contributed by atoms with Crippen LogP contribution in [0.3, 0.4) is 0 Å². The molecule has 1 aliphatic carbocycles. The minimum atomic E-state index is 0.320. The first kappa shape index (κ1) is 17.8. The summed E-state index contributed by atoms with van der Waals surface area (Å²) in [5.41, 5.74) is 1.77. The number of aliphatic imine (C=N–C) groups is 1. The van der Waals surface area contributed by atoms with Crippen molar-refractivity contribution in [3.63, 3.8) is 0 Å². The fourth-order valence-corrected chi connectivity index (χ4v) is 3.03. The van der Waals surface area contributed by atoms with Gasteiger partial charge in [-0.1, -0.05) is 44.2 Å². The summed E-state index contributed by atoms with van der Waals surface area (Å²) < 4.78 is 0. The van der Waals surface area contributed by atoms with Gasteiger partial charge in [0.15, 0.2) is 5.96 Å². The quantitative estimate of drug-likeness (QED) is 0.418. The number of benzene rings is 1. The van der Waals surface area contributed by atoms with Crippen LogP contribution in [0.25, 0.3) is 0 Å². The number of rotatable bonds is 9. The third-order valence-corrected chi connectivity index (χ3v) is 4.90. The van der Waals surface area contributed by atoms with Crippen LogP contribution in [0, 0.1) is 0 Å². The van der Waals surface area contributed by atoms with Crippen LogP contribution in [-0.2, 0) is 5.41 Å². The summed E-state index contributed by atoms with van der Waals surface area (Å²) in [6.45, 7) is 9.77. The van der Waals surface area contributed by atoms with Crippen molar-refractivity contribution >= 4 is 5.96 Å². The Morgan fingerprint density at radius 3 is 2.39 bits per heavy atom. The third kappa shape index (κ3) is 5.24. The maximum atomic E-state index is 4.35. The largest absolute Gasteiger partial charge is 0.356 e. The summed E-state index contributed by atoms with van der Waals surface area (Å²) in [6.07, 6.45) is 3.68. The first-order valence-electron chi connectivity index (χ1n) is 8.96. The van der Waals surface area contributed by atoms with Crippen LogP contribution in [0.1, 0.15) is 38.7 Å². The summed E-state index contributed by atoms with van der Waals surface area (Å²) in [5.74, 6) is 0.923. The van der Waals surface area contributed by atoms with Crippen molar-refractivity contribution < 1.29 is 0 Å². The van der Waals surface area contributed by atoms with E-state index in [9.17, 15) is 0 Å². The molecule has 0 amide bonds. The van der Waals surface area contributed by atoms with Gasteiger partial charge < -0.3 is 15.5 Å². The van der Waals surface area contributed by atoms with Gasteiger partial charge in [0.25, 0.3) is 0 Å². The maximum absolute atomic E-state index is 4.35. The minimum absolute atomic E-state index is 0.320. The Morgan fingerprint density at radius 2 is 1.83 bits per heavy atom. The topological polar surface area (TPSA) is 39.7 Å². The van der Waals surface area contributed by atoms with E-state index in [2.05, 4.69) is 64.7 Å². The van der Waals surface area contributed by atoms with Gasteiger partial charge in [0.05, 0.1) is 0 Å². The molecule has 0 aliphatic heterocycles. The third-order valence-electron chi connectivity index (χ3n) is 4.90. The van der Waals surface area contributed by atoms with Crippen LogP contribution in [-0.4, -0.2) is 50.6 Å². The summed E-state index contributed by atoms with van der Waals surface area (Å²) >= 11 is 0. The molecule has 2 rings (SSSR count). The molecule has 1 saturated carbocycles. The molecular weight excluding hydrogens is 284 g/mol. The maximum Gasteiger partial charge on any atom is 0.191 e. The SMILES string of the molecule is CCN(CC)CCCNC(=NC)NCC1(c2ccccc2)CC1. The van der Waals surface area contributed by atoms with Crippen LogP contribution in [0.4, 0.5) is 0 Å². The van der Waals surface area contributed by atoms with E-state index in [1.54, 1.807) is 0 Å². The van der Waals surface area contributed by atoms with E-state index in [1.165, 1.54) is 18.4 Å². The van der Waals surface area contributed by atoms with Gasteiger partial charge in [-0.15, -0.1) is 0 Å². The van der Waals surface area contributed by atoms with E-state index in [-0.39, 0.29) is 0 Å². The molecule has 1 aromatic carbocycles. The van der Waals surface area contributed by atoms with Crippen LogP contribution in [0.2, 0.25) is 0 Å². The monoisotopic (exact) mass is 316 g/mol. The zero-order valence-corrected chi connectivity index (χ0v) is 14.9. The molecule has 2 N–H and O–H groups in total. The molecule has 1 fully saturated rings. The molecule has 0 atom stereocenters. The number of nitrogens with zero attached hydrogens (tertiary/aromatic N) is 2. The van der Waals surface area contributed by atoms with Crippen molar-refractivity contribution in [2.24, 2.45) is 4.99 Å². The van der Waals surface area contributed by atoms with Crippen molar-refractivity contribution in [2.45, 2.75) is 38.5 Å². The highest BCUT2D eigenvalue weighted by molar-refractivity contribution is 5.79. The Morgan fingerprint density at radius 1 is 1.13 bits per heavy atom. The van der Waals surface area contributed by atoms with Gasteiger partial charge in [-0.2, -0.15) is 0 Å². The lowest BCUT2D eigenvalue weighted by atomic mass is 9.96. The second kappa shape index (κ2) is 8.92. The van der Waals surface area contributed by atoms with Gasteiger partial charge in [0.1, 0.15) is 0 Å². The zero-order valence-electron chi connectivity index (χ0n) is 14.9. The van der Waals surface area contributed by atoms with E-state index in [0.717, 1.165) is 45.1 Å². The van der Waals surface area contributed by atoms with Crippen LogP contribution >= 0.6 is 0 Å². The Labute approximate surface area is 141 Å². The Balaban J connectivity index is 1.72. The van der Waals surface area contributed by atoms with Gasteiger partial charge in [0, 0.05) is 25.6 Å². The second-order valence-electron chi connectivity index (χ2n) is 6.38. The number of nitrogens with one attached hydrogen (secondary N) is 2. The average Bonchev–Trinajstić information content (AvgIpc) is 3.39. The molecule has 0 unspecified atom stereocenters. The molecule has 1 aliphatic rings. The molecule has 128 valence electrons. The molecule has 1 aromatic rings. The molecule has 0 radical (unpaired) electrons. The lowest BCUT2D eigenvalue weighted by Gasteiger charge is -2.20. The highest BCUT2D eigenvalue weighted by Gasteiger charge is 2.43. The number of guanidine groups is 1. The molecule has 0 aromatic heterocycles. The van der Waals surface area contributed by atoms with Crippen LogP contribution in [0.15, 0.2) is 35.3 Å². The lowest BCUT2D eigenvalue weighted by Crippen LogP contribution is -2.42. The molecule has 0 spiro atoms. The average molecular weight is 316 g/mol. The summed E-state index contributed by atoms with van der Waals surface area (Å²) in [4.78, 5) is 6.80. The van der Waals surface area contributed by atoms with E-state index >= 15 is 0 Å². The smallest absolute Gasteiger partial charge is 0.191 e. The Bertz CT molecular complexity index is 475. The summed E-state index contributed by atoms with van der Waals surface area (Å²) in [7, 11) is 1.85. The normalized spacial score (nSPS) is 16.4. The first-order valence-corrected chi connectivity index (χ1v) is 8.96. The summed E-state index contributed by atoms with van der Waals surface area (Å²) in [5, 5.41) is 6.95. The van der Waals surface area contributed by atoms with Gasteiger partial charge in [-0.25, -0.2) is 0 Å². The Kier molecular flexibility index (Phi) is 6.90. The van der Waals surface area contributed by atoms with Crippen molar-refractivity contribution in [3.8, 4) is 0 Å². The summed E-state index contributed by atoms with van der Waals surface area (Å²) in [6, 6.07) is 10.8. The van der Waals surface area contributed by atoms with Gasteiger partial charge in [0.2, 0.25) is 0 Å². The number of hydrogen-bond donors (Lipinski definition) is 2. The molecule has 0 bridgehead atoms. The standard InChI is InChI=1S/C19H32N4/c1-4-23(5-2)15-9-14-21-18(20-3)22-16-19(12-13-19)17-10-7-6-8-11-17/h6-8,10-11H,4-5,9,12-16H2,1-3H3,(H2,20,21,22). The first-order chi connectivity index (χ1) is 11.2.